The van der Waals surface area contributed by atoms with Crippen molar-refractivity contribution < 1.29 is 0 Å². The quantitative estimate of drug-likeness (QED) is 0.580. The highest BCUT2D eigenvalue weighted by Crippen LogP contribution is 2.24. The molecule has 1 saturated heterocycles. The molecule has 0 amide bonds. The average Bonchev–Trinajstić information content (AvgIpc) is 3.18. The van der Waals surface area contributed by atoms with Crippen molar-refractivity contribution in [2.24, 2.45) is 0 Å². The van der Waals surface area contributed by atoms with E-state index in [0.717, 1.165) is 37.4 Å². The molecule has 164 valence electrons. The van der Waals surface area contributed by atoms with Crippen LogP contribution in [0.25, 0.3) is 11.2 Å². The first-order valence-electron chi connectivity index (χ1n) is 10.9. The molecular weight excluding hydrogens is 402 g/mol. The largest absolute Gasteiger partial charge is 0.348 e. The Hall–Kier alpha value is -3.78. The second-order valence-electron chi connectivity index (χ2n) is 8.11. The van der Waals surface area contributed by atoms with Gasteiger partial charge in [0, 0.05) is 27.2 Å². The number of benzene rings is 1. The Morgan fingerprint density at radius 2 is 1.84 bits per heavy atom. The molecule has 1 aliphatic heterocycles. The molecule has 32 heavy (non-hydrogen) atoms. The van der Waals surface area contributed by atoms with Crippen molar-refractivity contribution in [3.63, 3.8) is 0 Å². The summed E-state index contributed by atoms with van der Waals surface area (Å²) in [7, 11) is 3.71. The van der Waals surface area contributed by atoms with Crippen LogP contribution in [-0.4, -0.2) is 46.3 Å². The van der Waals surface area contributed by atoms with Gasteiger partial charge in [0.05, 0.1) is 24.7 Å². The van der Waals surface area contributed by atoms with Crippen molar-refractivity contribution in [1.29, 1.82) is 5.26 Å². The fourth-order valence-corrected chi connectivity index (χ4v) is 4.16. The van der Waals surface area contributed by atoms with Crippen LogP contribution in [0, 0.1) is 23.2 Å². The van der Waals surface area contributed by atoms with Gasteiger partial charge in [-0.3, -0.25) is 13.9 Å². The van der Waals surface area contributed by atoms with Gasteiger partial charge in [0.15, 0.2) is 11.2 Å². The lowest BCUT2D eigenvalue weighted by molar-refractivity contribution is 0.561. The molecule has 0 bridgehead atoms. The second-order valence-corrected chi connectivity index (χ2v) is 8.11. The molecule has 0 spiro atoms. The SMILES string of the molecule is CC#CCn1c(N2CCCCC2)nc2nc(N(C)C)n(Cc3ccccc3C#N)c(=O)c21. The van der Waals surface area contributed by atoms with Gasteiger partial charge in [0.2, 0.25) is 11.9 Å². The summed E-state index contributed by atoms with van der Waals surface area (Å²) < 4.78 is 3.52. The molecule has 1 aliphatic rings. The zero-order chi connectivity index (χ0) is 22.7. The molecule has 0 aliphatic carbocycles. The maximum atomic E-state index is 13.8. The number of piperidine rings is 1. The number of aromatic nitrogens is 4. The Morgan fingerprint density at radius 3 is 2.53 bits per heavy atom. The number of rotatable bonds is 5. The molecular formula is C24H27N7O. The smallest absolute Gasteiger partial charge is 0.281 e. The van der Waals surface area contributed by atoms with E-state index >= 15 is 0 Å². The van der Waals surface area contributed by atoms with E-state index in [4.69, 9.17) is 9.97 Å². The summed E-state index contributed by atoms with van der Waals surface area (Å²) in [5, 5.41) is 9.51. The first kappa shape index (κ1) is 21.5. The van der Waals surface area contributed by atoms with Crippen LogP contribution in [0.2, 0.25) is 0 Å². The molecule has 0 N–H and O–H groups in total. The zero-order valence-electron chi connectivity index (χ0n) is 18.8. The highest BCUT2D eigenvalue weighted by Gasteiger charge is 2.24. The van der Waals surface area contributed by atoms with Crippen molar-refractivity contribution in [3.8, 4) is 17.9 Å². The predicted octanol–water partition coefficient (Wildman–Crippen LogP) is 2.59. The van der Waals surface area contributed by atoms with Crippen LogP contribution in [0.5, 0.6) is 0 Å². The molecule has 4 rings (SSSR count). The molecule has 8 nitrogen and oxygen atoms in total. The minimum Gasteiger partial charge on any atom is -0.348 e. The fraction of sp³-hybridized carbons (Fsp3) is 0.417. The summed E-state index contributed by atoms with van der Waals surface area (Å²) in [5.74, 6) is 7.28. The molecule has 3 aromatic rings. The topological polar surface area (TPSA) is 83.0 Å². The van der Waals surface area contributed by atoms with Gasteiger partial charge < -0.3 is 9.80 Å². The minimum atomic E-state index is -0.180. The van der Waals surface area contributed by atoms with E-state index < -0.39 is 0 Å². The second kappa shape index (κ2) is 9.15. The summed E-state index contributed by atoms with van der Waals surface area (Å²) in [6, 6.07) is 9.54. The normalized spacial score (nSPS) is 13.5. The average molecular weight is 430 g/mol. The van der Waals surface area contributed by atoms with Gasteiger partial charge in [-0.25, -0.2) is 0 Å². The number of anilines is 2. The number of nitrogens with zero attached hydrogens (tertiary/aromatic N) is 7. The van der Waals surface area contributed by atoms with Crippen LogP contribution in [-0.2, 0) is 13.1 Å². The van der Waals surface area contributed by atoms with E-state index in [0.29, 0.717) is 29.2 Å². The number of fused-ring (bicyclic) bond motifs is 1. The molecule has 0 atom stereocenters. The number of nitriles is 1. The molecule has 1 fully saturated rings. The van der Waals surface area contributed by atoms with E-state index in [2.05, 4.69) is 22.8 Å². The van der Waals surface area contributed by atoms with Gasteiger partial charge in [0.1, 0.15) is 0 Å². The Balaban J connectivity index is 1.94. The maximum absolute atomic E-state index is 13.8. The summed E-state index contributed by atoms with van der Waals surface area (Å²) in [6.45, 7) is 4.24. The van der Waals surface area contributed by atoms with Crippen LogP contribution in [0.15, 0.2) is 29.1 Å². The third-order valence-corrected chi connectivity index (χ3v) is 5.74. The molecule has 3 heterocycles. The summed E-state index contributed by atoms with van der Waals surface area (Å²) in [6.07, 6.45) is 3.42. The van der Waals surface area contributed by atoms with Crippen LogP contribution >= 0.6 is 0 Å². The Morgan fingerprint density at radius 1 is 1.09 bits per heavy atom. The van der Waals surface area contributed by atoms with Gasteiger partial charge in [-0.15, -0.1) is 5.92 Å². The minimum absolute atomic E-state index is 0.180. The van der Waals surface area contributed by atoms with E-state index in [1.54, 1.807) is 22.5 Å². The number of imidazole rings is 1. The van der Waals surface area contributed by atoms with Gasteiger partial charge in [0.25, 0.3) is 5.56 Å². The molecule has 0 unspecified atom stereocenters. The highest BCUT2D eigenvalue weighted by atomic mass is 16.1. The van der Waals surface area contributed by atoms with Crippen molar-refractivity contribution >= 4 is 23.1 Å². The molecule has 2 aromatic heterocycles. The summed E-state index contributed by atoms with van der Waals surface area (Å²) in [4.78, 5) is 27.4. The zero-order valence-corrected chi connectivity index (χ0v) is 18.8. The van der Waals surface area contributed by atoms with Gasteiger partial charge in [-0.05, 0) is 37.8 Å². The maximum Gasteiger partial charge on any atom is 0.281 e. The van der Waals surface area contributed by atoms with Crippen LogP contribution in [0.1, 0.15) is 37.3 Å². The van der Waals surface area contributed by atoms with Gasteiger partial charge in [-0.1, -0.05) is 24.1 Å². The standard InChI is InChI=1S/C24H27N7O/c1-4-5-15-30-20-21(27-24(30)29-13-9-6-10-14-29)26-23(28(2)3)31(22(20)32)17-19-12-8-7-11-18(19)16-25/h7-8,11-12H,6,9-10,13-15,17H2,1-3H3. The third-order valence-electron chi connectivity index (χ3n) is 5.74. The first-order valence-corrected chi connectivity index (χ1v) is 10.9. The number of hydrogen-bond donors (Lipinski definition) is 0. The van der Waals surface area contributed by atoms with E-state index in [1.807, 2.05) is 36.9 Å². The third kappa shape index (κ3) is 3.92. The molecule has 0 saturated carbocycles. The highest BCUT2D eigenvalue weighted by molar-refractivity contribution is 5.76. The van der Waals surface area contributed by atoms with Crippen LogP contribution in [0.3, 0.4) is 0 Å². The van der Waals surface area contributed by atoms with Crippen molar-refractivity contribution in [1.82, 2.24) is 19.1 Å². The summed E-state index contributed by atoms with van der Waals surface area (Å²) >= 11 is 0. The predicted molar refractivity (Wildman–Crippen MR) is 126 cm³/mol. The van der Waals surface area contributed by atoms with Gasteiger partial charge in [-0.2, -0.15) is 15.2 Å². The Bertz CT molecular complexity index is 1290. The lowest BCUT2D eigenvalue weighted by Crippen LogP contribution is -2.32. The number of hydrogen-bond acceptors (Lipinski definition) is 6. The van der Waals surface area contributed by atoms with Crippen LogP contribution < -0.4 is 15.4 Å². The summed E-state index contributed by atoms with van der Waals surface area (Å²) in [5.41, 5.74) is 2.02. The lowest BCUT2D eigenvalue weighted by Gasteiger charge is -2.27. The van der Waals surface area contributed by atoms with Crippen LogP contribution in [0.4, 0.5) is 11.9 Å². The fourth-order valence-electron chi connectivity index (χ4n) is 4.16. The van der Waals surface area contributed by atoms with Crippen molar-refractivity contribution in [3.05, 3.63) is 45.7 Å². The molecule has 1 aromatic carbocycles. The van der Waals surface area contributed by atoms with E-state index in [9.17, 15) is 10.1 Å². The van der Waals surface area contributed by atoms with E-state index in [-0.39, 0.29) is 12.1 Å². The monoisotopic (exact) mass is 429 g/mol. The Labute approximate surface area is 187 Å². The van der Waals surface area contributed by atoms with Gasteiger partial charge >= 0.3 is 0 Å². The van der Waals surface area contributed by atoms with Crippen molar-refractivity contribution in [2.75, 3.05) is 37.0 Å². The van der Waals surface area contributed by atoms with Crippen molar-refractivity contribution in [2.45, 2.75) is 39.3 Å². The first-order chi connectivity index (χ1) is 15.5. The Kier molecular flexibility index (Phi) is 6.13. The van der Waals surface area contributed by atoms with E-state index in [1.165, 1.54) is 6.42 Å². The molecule has 0 radical (unpaired) electrons. The molecule has 8 heteroatoms. The lowest BCUT2D eigenvalue weighted by atomic mass is 10.1.